The van der Waals surface area contributed by atoms with Crippen LogP contribution in [0.15, 0.2) is 72.9 Å². The molecule has 0 saturated heterocycles. The molecular weight excluding hydrogens is 572 g/mol. The molecule has 0 heterocycles. The normalized spacial score (nSPS) is 13.0. The second kappa shape index (κ2) is 36.8. The van der Waals surface area contributed by atoms with Crippen LogP contribution in [-0.2, 0) is 19.1 Å². The number of allylic oxidation sites excluding steroid dienone is 12. The summed E-state index contributed by atoms with van der Waals surface area (Å²) in [6.07, 6.45) is 48.2. The van der Waals surface area contributed by atoms with Gasteiger partial charge in [-0.2, -0.15) is 0 Å². The predicted octanol–water partition coefficient (Wildman–Crippen LogP) is 11.4. The number of aliphatic hydroxyl groups excluding tert-OH is 1. The number of ether oxygens (including phenoxy) is 2. The summed E-state index contributed by atoms with van der Waals surface area (Å²) in [4.78, 5) is 24.2. The first kappa shape index (κ1) is 43.3. The Morgan fingerprint density at radius 2 is 0.957 bits per heavy atom. The average Bonchev–Trinajstić information content (AvgIpc) is 3.06. The van der Waals surface area contributed by atoms with Crippen molar-refractivity contribution in [2.45, 2.75) is 161 Å². The maximum Gasteiger partial charge on any atom is 0.306 e. The Labute approximate surface area is 283 Å². The van der Waals surface area contributed by atoms with Crippen LogP contribution in [0.4, 0.5) is 0 Å². The van der Waals surface area contributed by atoms with E-state index in [1.165, 1.54) is 57.8 Å². The highest BCUT2D eigenvalue weighted by Gasteiger charge is 2.15. The van der Waals surface area contributed by atoms with Gasteiger partial charge in [-0.3, -0.25) is 9.59 Å². The highest BCUT2D eigenvalue weighted by atomic mass is 16.6. The molecule has 0 aromatic heterocycles. The molecule has 0 aliphatic heterocycles. The fourth-order valence-corrected chi connectivity index (χ4v) is 4.70. The zero-order valence-electron chi connectivity index (χ0n) is 29.6. The van der Waals surface area contributed by atoms with E-state index in [2.05, 4.69) is 86.8 Å². The molecule has 5 nitrogen and oxygen atoms in total. The Hall–Kier alpha value is -2.66. The van der Waals surface area contributed by atoms with E-state index >= 15 is 0 Å². The van der Waals surface area contributed by atoms with Crippen molar-refractivity contribution in [1.29, 1.82) is 0 Å². The van der Waals surface area contributed by atoms with Crippen LogP contribution < -0.4 is 0 Å². The van der Waals surface area contributed by atoms with Gasteiger partial charge in [-0.1, -0.05) is 138 Å². The van der Waals surface area contributed by atoms with Gasteiger partial charge < -0.3 is 14.6 Å². The Bertz CT molecular complexity index is 864. The molecule has 0 fully saturated rings. The van der Waals surface area contributed by atoms with Crippen LogP contribution in [0.2, 0.25) is 0 Å². The second-order valence-electron chi connectivity index (χ2n) is 11.9. The quantitative estimate of drug-likeness (QED) is 0.0450. The molecule has 0 amide bonds. The van der Waals surface area contributed by atoms with Crippen molar-refractivity contribution in [1.82, 2.24) is 0 Å². The molecule has 262 valence electrons. The molecule has 1 N–H and O–H groups in total. The summed E-state index contributed by atoms with van der Waals surface area (Å²) in [5.41, 5.74) is 0. The van der Waals surface area contributed by atoms with Gasteiger partial charge in [0, 0.05) is 12.8 Å². The number of aliphatic hydroxyl groups is 1. The van der Waals surface area contributed by atoms with Crippen molar-refractivity contribution < 1.29 is 24.2 Å². The summed E-state index contributed by atoms with van der Waals surface area (Å²) >= 11 is 0. The van der Waals surface area contributed by atoms with Crippen molar-refractivity contribution in [2.24, 2.45) is 0 Å². The van der Waals surface area contributed by atoms with Gasteiger partial charge in [0.25, 0.3) is 0 Å². The van der Waals surface area contributed by atoms with Crippen LogP contribution >= 0.6 is 0 Å². The van der Waals surface area contributed by atoms with E-state index in [-0.39, 0.29) is 31.6 Å². The maximum absolute atomic E-state index is 12.1. The summed E-state index contributed by atoms with van der Waals surface area (Å²) in [7, 11) is 0. The Morgan fingerprint density at radius 3 is 1.50 bits per heavy atom. The third-order valence-corrected chi connectivity index (χ3v) is 7.48. The van der Waals surface area contributed by atoms with Crippen molar-refractivity contribution >= 4 is 11.9 Å². The third-order valence-electron chi connectivity index (χ3n) is 7.48. The summed E-state index contributed by atoms with van der Waals surface area (Å²) < 4.78 is 10.5. The summed E-state index contributed by atoms with van der Waals surface area (Å²) in [5, 5.41) is 9.52. The van der Waals surface area contributed by atoms with Crippen LogP contribution in [0.25, 0.3) is 0 Å². The molecule has 0 bridgehead atoms. The fraction of sp³-hybridized carbons (Fsp3) is 0.659. The minimum absolute atomic E-state index is 0.0963. The molecular formula is C41H68O5. The number of rotatable bonds is 32. The highest BCUT2D eigenvalue weighted by molar-refractivity contribution is 5.70. The van der Waals surface area contributed by atoms with Gasteiger partial charge in [-0.05, 0) is 77.0 Å². The lowest BCUT2D eigenvalue weighted by molar-refractivity contribution is -0.161. The van der Waals surface area contributed by atoms with Gasteiger partial charge in [0.15, 0.2) is 6.10 Å². The number of unbranched alkanes of at least 4 members (excludes halogenated alkanes) is 12. The van der Waals surface area contributed by atoms with Gasteiger partial charge in [0.05, 0.1) is 6.61 Å². The number of esters is 2. The molecule has 1 atom stereocenters. The zero-order valence-corrected chi connectivity index (χ0v) is 29.6. The molecule has 0 saturated carbocycles. The molecule has 5 heteroatoms. The zero-order chi connectivity index (χ0) is 33.6. The van der Waals surface area contributed by atoms with Crippen molar-refractivity contribution in [3.63, 3.8) is 0 Å². The topological polar surface area (TPSA) is 72.8 Å². The molecule has 0 radical (unpaired) electrons. The molecule has 1 unspecified atom stereocenters. The van der Waals surface area contributed by atoms with Crippen molar-refractivity contribution in [2.75, 3.05) is 13.2 Å². The highest BCUT2D eigenvalue weighted by Crippen LogP contribution is 2.11. The van der Waals surface area contributed by atoms with Crippen molar-refractivity contribution in [3.8, 4) is 0 Å². The number of carbonyl (C=O) groups excluding carboxylic acids is 2. The molecule has 46 heavy (non-hydrogen) atoms. The van der Waals surface area contributed by atoms with Crippen LogP contribution in [0, 0.1) is 0 Å². The monoisotopic (exact) mass is 641 g/mol. The lowest BCUT2D eigenvalue weighted by atomic mass is 10.1. The first-order valence-electron chi connectivity index (χ1n) is 18.5. The smallest absolute Gasteiger partial charge is 0.306 e. The lowest BCUT2D eigenvalue weighted by Crippen LogP contribution is -2.28. The van der Waals surface area contributed by atoms with Gasteiger partial charge in [-0.25, -0.2) is 0 Å². The summed E-state index contributed by atoms with van der Waals surface area (Å²) in [5.74, 6) is -0.676. The minimum Gasteiger partial charge on any atom is -0.462 e. The standard InChI is InChI=1S/C41H68O5/c1-3-5-7-9-11-13-15-17-19-20-22-24-26-28-30-32-34-36-41(44)46-39(37-42)38-45-40(43)35-33-31-29-27-25-23-21-18-16-14-12-10-8-6-4-2/h5,7,11,13,17-19,21-22,24,28,30,39,42H,3-4,6,8-10,12,14-16,20,23,25-27,29,31-38H2,1-2H3/b7-5-,13-11-,19-17-,21-18-,24-22-,30-28-. The minimum atomic E-state index is -0.806. The first-order valence-corrected chi connectivity index (χ1v) is 18.5. The van der Waals surface area contributed by atoms with Gasteiger partial charge in [-0.15, -0.1) is 0 Å². The first-order chi connectivity index (χ1) is 22.6. The number of carbonyl (C=O) groups is 2. The van der Waals surface area contributed by atoms with Crippen LogP contribution in [0.3, 0.4) is 0 Å². The Kier molecular flexibility index (Phi) is 34.7. The fourth-order valence-electron chi connectivity index (χ4n) is 4.70. The molecule has 0 aliphatic rings. The Balaban J connectivity index is 3.71. The lowest BCUT2D eigenvalue weighted by Gasteiger charge is -2.15. The van der Waals surface area contributed by atoms with Gasteiger partial charge in [0.2, 0.25) is 0 Å². The van der Waals surface area contributed by atoms with Crippen LogP contribution in [0.5, 0.6) is 0 Å². The second-order valence-corrected chi connectivity index (χ2v) is 11.9. The molecule has 0 spiro atoms. The molecule has 0 aromatic rings. The maximum atomic E-state index is 12.1. The average molecular weight is 641 g/mol. The van der Waals surface area contributed by atoms with E-state index in [0.717, 1.165) is 64.2 Å². The molecule has 0 aliphatic carbocycles. The van der Waals surface area contributed by atoms with Gasteiger partial charge in [0.1, 0.15) is 6.61 Å². The van der Waals surface area contributed by atoms with E-state index in [1.54, 1.807) is 0 Å². The van der Waals surface area contributed by atoms with E-state index in [9.17, 15) is 14.7 Å². The summed E-state index contributed by atoms with van der Waals surface area (Å²) in [6, 6.07) is 0. The van der Waals surface area contributed by atoms with E-state index in [1.807, 2.05) is 0 Å². The summed E-state index contributed by atoms with van der Waals surface area (Å²) in [6.45, 7) is 3.94. The van der Waals surface area contributed by atoms with Crippen molar-refractivity contribution in [3.05, 3.63) is 72.9 Å². The van der Waals surface area contributed by atoms with Gasteiger partial charge >= 0.3 is 11.9 Å². The number of hydrogen-bond acceptors (Lipinski definition) is 5. The molecule has 0 aromatic carbocycles. The molecule has 0 rings (SSSR count). The largest absolute Gasteiger partial charge is 0.462 e. The van der Waals surface area contributed by atoms with E-state index < -0.39 is 6.10 Å². The third kappa shape index (κ3) is 34.2. The Morgan fingerprint density at radius 1 is 0.522 bits per heavy atom. The van der Waals surface area contributed by atoms with E-state index in [4.69, 9.17) is 9.47 Å². The predicted molar refractivity (Wildman–Crippen MR) is 196 cm³/mol. The van der Waals surface area contributed by atoms with Crippen LogP contribution in [-0.4, -0.2) is 36.4 Å². The number of hydrogen-bond donors (Lipinski definition) is 1. The SMILES string of the molecule is CC/C=C\C/C=C\C/C=C\C/C=C\C/C=C\CCCC(=O)OC(CO)COC(=O)CCCCCCC/C=C\CCCCCCCC. The van der Waals surface area contributed by atoms with E-state index in [0.29, 0.717) is 12.8 Å². The van der Waals surface area contributed by atoms with Crippen LogP contribution in [0.1, 0.15) is 155 Å².